The van der Waals surface area contributed by atoms with Gasteiger partial charge in [-0.15, -0.1) is 0 Å². The minimum Gasteiger partial charge on any atom is -0.305 e. The molecule has 17 heavy (non-hydrogen) atoms. The predicted octanol–water partition coefficient (Wildman–Crippen LogP) is 5.14. The van der Waals surface area contributed by atoms with Gasteiger partial charge in [-0.25, -0.2) is 0 Å². The second-order valence-electron chi connectivity index (χ2n) is 3.28. The zero-order chi connectivity index (χ0) is 13.1. The zero-order valence-electron chi connectivity index (χ0n) is 10.3. The van der Waals surface area contributed by atoms with E-state index in [1.54, 1.807) is 13.0 Å². The molecule has 0 aliphatic heterocycles. The third kappa shape index (κ3) is 8.40. The van der Waals surface area contributed by atoms with Crippen LogP contribution in [0.2, 0.25) is 0 Å². The Bertz CT molecular complexity index is 417. The third-order valence-electron chi connectivity index (χ3n) is 1.81. The molecule has 0 aromatic heterocycles. The highest BCUT2D eigenvalue weighted by Crippen LogP contribution is 2.11. The molecular formula is C15H18BrN. The molecule has 0 bridgehead atoms. The Morgan fingerprint density at radius 2 is 2.00 bits per heavy atom. The van der Waals surface area contributed by atoms with Crippen molar-refractivity contribution in [3.8, 4) is 0 Å². The molecule has 1 nitrogen and oxygen atoms in total. The fourth-order valence-electron chi connectivity index (χ4n) is 0.976. The largest absolute Gasteiger partial charge is 0.305 e. The molecule has 0 fully saturated rings. The van der Waals surface area contributed by atoms with Crippen LogP contribution in [0.1, 0.15) is 19.4 Å². The van der Waals surface area contributed by atoms with Crippen LogP contribution in [-0.2, 0) is 0 Å². The van der Waals surface area contributed by atoms with E-state index in [0.29, 0.717) is 5.71 Å². The molecule has 0 saturated heterocycles. The van der Waals surface area contributed by atoms with Gasteiger partial charge in [-0.1, -0.05) is 65.0 Å². The molecule has 0 amide bonds. The van der Waals surface area contributed by atoms with Crippen molar-refractivity contribution in [3.63, 3.8) is 0 Å². The standard InChI is InChI=1S/C8H8BrN.C7H10/c1-6(10)7-3-2-4-8(9)5-7;1-3-5-7-6-4-2/h2-5,10H,1H3;3-7H,1H2,2H3/b;6-4-,7-5-. The SMILES string of the molecule is C=C/C=C\C=C/C.CC(=N)c1cccc(Br)c1. The maximum Gasteiger partial charge on any atom is 0.0355 e. The van der Waals surface area contributed by atoms with Crippen molar-refractivity contribution < 1.29 is 0 Å². The second-order valence-corrected chi connectivity index (χ2v) is 4.20. The van der Waals surface area contributed by atoms with E-state index in [2.05, 4.69) is 22.5 Å². The monoisotopic (exact) mass is 291 g/mol. The fraction of sp³-hybridized carbons (Fsp3) is 0.133. The van der Waals surface area contributed by atoms with Crippen LogP contribution in [0.5, 0.6) is 0 Å². The summed E-state index contributed by atoms with van der Waals surface area (Å²) in [7, 11) is 0. The lowest BCUT2D eigenvalue weighted by atomic mass is 10.1. The van der Waals surface area contributed by atoms with Gasteiger partial charge in [-0.2, -0.15) is 0 Å². The Morgan fingerprint density at radius 1 is 1.29 bits per heavy atom. The molecule has 0 aliphatic carbocycles. The van der Waals surface area contributed by atoms with Crippen LogP contribution in [0.25, 0.3) is 0 Å². The first kappa shape index (κ1) is 15.6. The summed E-state index contributed by atoms with van der Waals surface area (Å²) in [4.78, 5) is 0. The molecule has 1 aromatic carbocycles. The summed E-state index contributed by atoms with van der Waals surface area (Å²) in [6.45, 7) is 7.27. The first-order valence-corrected chi connectivity index (χ1v) is 6.12. The summed E-state index contributed by atoms with van der Waals surface area (Å²) in [6.07, 6.45) is 9.51. The molecule has 0 heterocycles. The van der Waals surface area contributed by atoms with Crippen molar-refractivity contribution in [1.82, 2.24) is 0 Å². The number of hydrogen-bond donors (Lipinski definition) is 1. The predicted molar refractivity (Wildman–Crippen MR) is 80.8 cm³/mol. The molecule has 1 aromatic rings. The summed E-state index contributed by atoms with van der Waals surface area (Å²) in [5, 5.41) is 7.31. The number of allylic oxidation sites excluding steroid dienone is 5. The Labute approximate surface area is 112 Å². The van der Waals surface area contributed by atoms with E-state index in [1.165, 1.54) is 0 Å². The third-order valence-corrected chi connectivity index (χ3v) is 2.30. The highest BCUT2D eigenvalue weighted by molar-refractivity contribution is 9.10. The highest BCUT2D eigenvalue weighted by Gasteiger charge is 1.93. The number of hydrogen-bond acceptors (Lipinski definition) is 1. The number of halogens is 1. The van der Waals surface area contributed by atoms with Gasteiger partial charge in [0.15, 0.2) is 0 Å². The van der Waals surface area contributed by atoms with Gasteiger partial charge >= 0.3 is 0 Å². The van der Waals surface area contributed by atoms with Crippen molar-refractivity contribution in [3.05, 3.63) is 71.3 Å². The average molecular weight is 292 g/mol. The van der Waals surface area contributed by atoms with Gasteiger partial charge in [0, 0.05) is 10.2 Å². The van der Waals surface area contributed by atoms with Gasteiger partial charge in [0.05, 0.1) is 0 Å². The second kappa shape index (κ2) is 9.79. The molecule has 2 heteroatoms. The lowest BCUT2D eigenvalue weighted by molar-refractivity contribution is 1.45. The number of nitrogens with one attached hydrogen (secondary N) is 1. The topological polar surface area (TPSA) is 23.9 Å². The molecule has 1 rings (SSSR count). The highest BCUT2D eigenvalue weighted by atomic mass is 79.9. The van der Waals surface area contributed by atoms with Crippen LogP contribution in [0.15, 0.2) is 65.7 Å². The molecule has 0 saturated carbocycles. The van der Waals surface area contributed by atoms with Crippen LogP contribution in [0, 0.1) is 5.41 Å². The summed E-state index contributed by atoms with van der Waals surface area (Å²) in [5.41, 5.74) is 1.57. The molecule has 90 valence electrons. The van der Waals surface area contributed by atoms with E-state index in [9.17, 15) is 0 Å². The Hall–Kier alpha value is -1.41. The quantitative estimate of drug-likeness (QED) is 0.589. The van der Waals surface area contributed by atoms with Gasteiger partial charge in [-0.05, 0) is 31.5 Å². The minimum absolute atomic E-state index is 0.598. The molecule has 0 aliphatic rings. The Morgan fingerprint density at radius 3 is 2.41 bits per heavy atom. The van der Waals surface area contributed by atoms with Gasteiger partial charge in [0.2, 0.25) is 0 Å². The molecule has 1 N–H and O–H groups in total. The van der Waals surface area contributed by atoms with Gasteiger partial charge in [0.25, 0.3) is 0 Å². The minimum atomic E-state index is 0.598. The van der Waals surface area contributed by atoms with Gasteiger partial charge in [-0.3, -0.25) is 0 Å². The molecule has 0 spiro atoms. The van der Waals surface area contributed by atoms with Crippen molar-refractivity contribution in [2.75, 3.05) is 0 Å². The van der Waals surface area contributed by atoms with Crippen LogP contribution in [0.4, 0.5) is 0 Å². The Balaban J connectivity index is 0.000000325. The van der Waals surface area contributed by atoms with Crippen molar-refractivity contribution in [2.24, 2.45) is 0 Å². The summed E-state index contributed by atoms with van der Waals surface area (Å²) < 4.78 is 1.02. The first-order valence-electron chi connectivity index (χ1n) is 5.33. The maximum absolute atomic E-state index is 7.31. The number of rotatable bonds is 3. The zero-order valence-corrected chi connectivity index (χ0v) is 11.9. The van der Waals surface area contributed by atoms with E-state index in [0.717, 1.165) is 10.0 Å². The average Bonchev–Trinajstić information content (AvgIpc) is 2.30. The van der Waals surface area contributed by atoms with Crippen LogP contribution in [0.3, 0.4) is 0 Å². The van der Waals surface area contributed by atoms with Crippen molar-refractivity contribution in [2.45, 2.75) is 13.8 Å². The van der Waals surface area contributed by atoms with E-state index >= 15 is 0 Å². The summed E-state index contributed by atoms with van der Waals surface area (Å²) in [6, 6.07) is 7.74. The van der Waals surface area contributed by atoms with Gasteiger partial charge < -0.3 is 5.41 Å². The number of benzene rings is 1. The molecule has 0 unspecified atom stereocenters. The maximum atomic E-state index is 7.31. The van der Waals surface area contributed by atoms with E-state index in [4.69, 9.17) is 5.41 Å². The molecular weight excluding hydrogens is 274 g/mol. The van der Waals surface area contributed by atoms with Gasteiger partial charge in [0.1, 0.15) is 0 Å². The summed E-state index contributed by atoms with van der Waals surface area (Å²) in [5.74, 6) is 0. The van der Waals surface area contributed by atoms with Crippen molar-refractivity contribution in [1.29, 1.82) is 5.41 Å². The lowest BCUT2D eigenvalue weighted by Gasteiger charge is -1.96. The van der Waals surface area contributed by atoms with Crippen molar-refractivity contribution >= 4 is 21.6 Å². The van der Waals surface area contributed by atoms with E-state index in [1.807, 2.05) is 55.5 Å². The summed E-state index contributed by atoms with van der Waals surface area (Å²) >= 11 is 3.33. The first-order chi connectivity index (χ1) is 8.11. The van der Waals surface area contributed by atoms with Crippen LogP contribution in [-0.4, -0.2) is 5.71 Å². The Kier molecular flexibility index (Phi) is 8.98. The van der Waals surface area contributed by atoms with Crippen LogP contribution < -0.4 is 0 Å². The normalized spacial score (nSPS) is 10.1. The molecule has 0 radical (unpaired) electrons. The molecule has 0 atom stereocenters. The lowest BCUT2D eigenvalue weighted by Crippen LogP contribution is -1.89. The van der Waals surface area contributed by atoms with Crippen LogP contribution >= 0.6 is 15.9 Å². The fourth-order valence-corrected chi connectivity index (χ4v) is 1.37. The smallest absolute Gasteiger partial charge is 0.0355 e. The van der Waals surface area contributed by atoms with E-state index in [-0.39, 0.29) is 0 Å². The van der Waals surface area contributed by atoms with E-state index < -0.39 is 0 Å².